The van der Waals surface area contributed by atoms with Crippen LogP contribution in [-0.2, 0) is 0 Å². The van der Waals surface area contributed by atoms with Gasteiger partial charge in [-0.1, -0.05) is 0 Å². The van der Waals surface area contributed by atoms with Gasteiger partial charge in [-0.05, 0) is 38.1 Å². The summed E-state index contributed by atoms with van der Waals surface area (Å²) in [6.07, 6.45) is -0.404. The minimum atomic E-state index is -0.315. The molecule has 4 rings (SSSR count). The Labute approximate surface area is 127 Å². The largest absolute Gasteiger partial charge is 0.508 e. The van der Waals surface area contributed by atoms with Crippen molar-refractivity contribution in [1.82, 2.24) is 0 Å². The standard InChI is InChI=1S/C18H15FO3/c1-9-18-14-6-4-12(20)8-16(14)22-10(2)17(18)13-5-3-11(19)7-15(13)21-9/h3-10,20H,1-2H3. The predicted octanol–water partition coefficient (Wildman–Crippen LogP) is 4.00. The molecule has 112 valence electrons. The van der Waals surface area contributed by atoms with E-state index in [0.29, 0.717) is 11.5 Å². The van der Waals surface area contributed by atoms with Gasteiger partial charge in [0.15, 0.2) is 0 Å². The number of hydrogen-bond donors (Lipinski definition) is 1. The van der Waals surface area contributed by atoms with Crippen LogP contribution in [0, 0.1) is 5.82 Å². The fourth-order valence-corrected chi connectivity index (χ4v) is 3.31. The van der Waals surface area contributed by atoms with Crippen LogP contribution < -0.4 is 9.47 Å². The van der Waals surface area contributed by atoms with E-state index in [4.69, 9.17) is 9.47 Å². The smallest absolute Gasteiger partial charge is 0.131 e. The van der Waals surface area contributed by atoms with Gasteiger partial charge in [0.25, 0.3) is 0 Å². The molecule has 0 amide bonds. The first-order valence-corrected chi connectivity index (χ1v) is 7.25. The van der Waals surface area contributed by atoms with Gasteiger partial charge < -0.3 is 14.6 Å². The molecule has 2 aromatic rings. The summed E-state index contributed by atoms with van der Waals surface area (Å²) in [6.45, 7) is 3.89. The minimum absolute atomic E-state index is 0.168. The molecule has 2 aromatic carbocycles. The van der Waals surface area contributed by atoms with Gasteiger partial charge in [-0.3, -0.25) is 0 Å². The summed E-state index contributed by atoms with van der Waals surface area (Å²) < 4.78 is 25.3. The zero-order chi connectivity index (χ0) is 15.4. The van der Waals surface area contributed by atoms with Gasteiger partial charge in [-0.2, -0.15) is 0 Å². The Kier molecular flexibility index (Phi) is 2.70. The Morgan fingerprint density at radius 2 is 1.41 bits per heavy atom. The Hall–Kier alpha value is -2.49. The lowest BCUT2D eigenvalue weighted by Gasteiger charge is -2.36. The molecule has 0 saturated carbocycles. The summed E-state index contributed by atoms with van der Waals surface area (Å²) in [5.41, 5.74) is 3.83. The Morgan fingerprint density at radius 1 is 0.864 bits per heavy atom. The summed E-state index contributed by atoms with van der Waals surface area (Å²) in [6, 6.07) is 9.66. The molecule has 22 heavy (non-hydrogen) atoms. The average Bonchev–Trinajstić information content (AvgIpc) is 2.46. The second kappa shape index (κ2) is 4.50. The third kappa shape index (κ3) is 1.80. The van der Waals surface area contributed by atoms with Gasteiger partial charge in [0.2, 0.25) is 0 Å². The van der Waals surface area contributed by atoms with E-state index < -0.39 is 0 Å². The molecule has 0 aliphatic carbocycles. The fourth-order valence-electron chi connectivity index (χ4n) is 3.31. The van der Waals surface area contributed by atoms with Crippen molar-refractivity contribution >= 4 is 11.1 Å². The highest BCUT2D eigenvalue weighted by Crippen LogP contribution is 2.48. The molecule has 0 spiro atoms. The fraction of sp³-hybridized carbons (Fsp3) is 0.222. The highest BCUT2D eigenvalue weighted by Gasteiger charge is 2.35. The monoisotopic (exact) mass is 298 g/mol. The van der Waals surface area contributed by atoms with Crippen LogP contribution in [0.3, 0.4) is 0 Å². The molecular weight excluding hydrogens is 283 g/mol. The summed E-state index contributed by atoms with van der Waals surface area (Å²) in [5, 5.41) is 9.66. The molecular formula is C18H15FO3. The molecule has 2 aliphatic rings. The van der Waals surface area contributed by atoms with E-state index in [-0.39, 0.29) is 23.8 Å². The topological polar surface area (TPSA) is 38.7 Å². The van der Waals surface area contributed by atoms with E-state index in [1.54, 1.807) is 18.2 Å². The second-order valence-corrected chi connectivity index (χ2v) is 5.67. The average molecular weight is 298 g/mol. The van der Waals surface area contributed by atoms with Crippen molar-refractivity contribution in [3.8, 4) is 17.2 Å². The number of fused-ring (bicyclic) bond motifs is 4. The lowest BCUT2D eigenvalue weighted by Crippen LogP contribution is -2.30. The van der Waals surface area contributed by atoms with Crippen LogP contribution in [0.15, 0.2) is 36.4 Å². The van der Waals surface area contributed by atoms with E-state index >= 15 is 0 Å². The quantitative estimate of drug-likeness (QED) is 0.799. The maximum atomic E-state index is 13.5. The van der Waals surface area contributed by atoms with Crippen molar-refractivity contribution in [2.45, 2.75) is 26.1 Å². The zero-order valence-electron chi connectivity index (χ0n) is 12.3. The van der Waals surface area contributed by atoms with Gasteiger partial charge >= 0.3 is 0 Å². The first-order chi connectivity index (χ1) is 10.5. The maximum Gasteiger partial charge on any atom is 0.131 e. The number of benzene rings is 2. The van der Waals surface area contributed by atoms with Crippen molar-refractivity contribution in [1.29, 1.82) is 0 Å². The number of phenolic OH excluding ortho intramolecular Hbond substituents is 1. The van der Waals surface area contributed by atoms with E-state index in [1.165, 1.54) is 12.1 Å². The molecule has 0 bridgehead atoms. The molecule has 3 nitrogen and oxygen atoms in total. The minimum Gasteiger partial charge on any atom is -0.508 e. The molecule has 2 heterocycles. The van der Waals surface area contributed by atoms with Gasteiger partial charge in [-0.25, -0.2) is 4.39 Å². The van der Waals surface area contributed by atoms with Crippen LogP contribution in [0.2, 0.25) is 0 Å². The number of hydrogen-bond acceptors (Lipinski definition) is 3. The Bertz CT molecular complexity index is 742. The molecule has 0 radical (unpaired) electrons. The third-order valence-electron chi connectivity index (χ3n) is 4.20. The second-order valence-electron chi connectivity index (χ2n) is 5.67. The van der Waals surface area contributed by atoms with Crippen LogP contribution in [0.5, 0.6) is 17.2 Å². The summed E-state index contributed by atoms with van der Waals surface area (Å²) in [5.74, 6) is 1.04. The predicted molar refractivity (Wildman–Crippen MR) is 81.5 cm³/mol. The lowest BCUT2D eigenvalue weighted by atomic mass is 9.84. The SMILES string of the molecule is CC1Oc2cc(F)ccc2C2=C1c1ccc(O)cc1OC2C. The van der Waals surface area contributed by atoms with E-state index in [9.17, 15) is 9.50 Å². The van der Waals surface area contributed by atoms with Gasteiger partial charge in [-0.15, -0.1) is 0 Å². The lowest BCUT2D eigenvalue weighted by molar-refractivity contribution is 0.243. The molecule has 0 fully saturated rings. The molecule has 4 heteroatoms. The van der Waals surface area contributed by atoms with E-state index in [1.807, 2.05) is 19.9 Å². The summed E-state index contributed by atoms with van der Waals surface area (Å²) in [7, 11) is 0. The van der Waals surface area contributed by atoms with Crippen molar-refractivity contribution in [2.24, 2.45) is 0 Å². The van der Waals surface area contributed by atoms with Crippen LogP contribution in [0.4, 0.5) is 4.39 Å². The van der Waals surface area contributed by atoms with E-state index in [2.05, 4.69) is 0 Å². The Morgan fingerprint density at radius 3 is 2.05 bits per heavy atom. The van der Waals surface area contributed by atoms with Crippen molar-refractivity contribution in [3.63, 3.8) is 0 Å². The molecule has 1 N–H and O–H groups in total. The van der Waals surface area contributed by atoms with Gasteiger partial charge in [0.05, 0.1) is 0 Å². The molecule has 2 atom stereocenters. The first kappa shape index (κ1) is 13.2. The van der Waals surface area contributed by atoms with Crippen LogP contribution in [0.25, 0.3) is 11.1 Å². The molecule has 2 aliphatic heterocycles. The first-order valence-electron chi connectivity index (χ1n) is 7.25. The van der Waals surface area contributed by atoms with Crippen molar-refractivity contribution in [2.75, 3.05) is 0 Å². The number of ether oxygens (including phenoxy) is 2. The number of aromatic hydroxyl groups is 1. The van der Waals surface area contributed by atoms with E-state index in [0.717, 1.165) is 22.3 Å². The number of rotatable bonds is 0. The molecule has 2 unspecified atom stereocenters. The number of halogens is 1. The molecule has 0 saturated heterocycles. The van der Waals surface area contributed by atoms with Gasteiger partial charge in [0, 0.05) is 34.4 Å². The maximum absolute atomic E-state index is 13.5. The van der Waals surface area contributed by atoms with Gasteiger partial charge in [0.1, 0.15) is 35.3 Å². The van der Waals surface area contributed by atoms with Crippen LogP contribution in [0.1, 0.15) is 25.0 Å². The molecule has 0 aromatic heterocycles. The normalized spacial score (nSPS) is 22.1. The van der Waals surface area contributed by atoms with Crippen LogP contribution in [-0.4, -0.2) is 17.3 Å². The number of phenols is 1. The highest BCUT2D eigenvalue weighted by molar-refractivity contribution is 6.00. The van der Waals surface area contributed by atoms with Crippen molar-refractivity contribution < 1.29 is 19.0 Å². The Balaban J connectivity index is 2.00. The van der Waals surface area contributed by atoms with Crippen LogP contribution >= 0.6 is 0 Å². The summed E-state index contributed by atoms with van der Waals surface area (Å²) >= 11 is 0. The third-order valence-corrected chi connectivity index (χ3v) is 4.20. The zero-order valence-corrected chi connectivity index (χ0v) is 12.3. The summed E-state index contributed by atoms with van der Waals surface area (Å²) in [4.78, 5) is 0. The van der Waals surface area contributed by atoms with Crippen molar-refractivity contribution in [3.05, 3.63) is 53.3 Å². The highest BCUT2D eigenvalue weighted by atomic mass is 19.1.